The number of benzene rings is 1. The summed E-state index contributed by atoms with van der Waals surface area (Å²) in [6.07, 6.45) is 6.75. The molecule has 4 rings (SSSR count). The summed E-state index contributed by atoms with van der Waals surface area (Å²) in [7, 11) is 0. The summed E-state index contributed by atoms with van der Waals surface area (Å²) in [5.41, 5.74) is 2.96. The third kappa shape index (κ3) is 2.67. The minimum atomic E-state index is 0.135. The lowest BCUT2D eigenvalue weighted by Crippen LogP contribution is -2.29. The van der Waals surface area contributed by atoms with E-state index in [9.17, 15) is 4.79 Å². The Morgan fingerprint density at radius 3 is 2.43 bits per heavy atom. The van der Waals surface area contributed by atoms with Crippen LogP contribution < -0.4 is 0 Å². The summed E-state index contributed by atoms with van der Waals surface area (Å²) in [5, 5.41) is 0. The predicted octanol–water partition coefficient (Wildman–Crippen LogP) is 3.51. The highest BCUT2D eigenvalue weighted by Gasteiger charge is 2.28. The zero-order valence-corrected chi connectivity index (χ0v) is 13.5. The first-order chi connectivity index (χ1) is 11.3. The van der Waals surface area contributed by atoms with Crippen LogP contribution in [0.25, 0.3) is 11.4 Å². The number of imidazole rings is 1. The topological polar surface area (TPSA) is 38.1 Å². The van der Waals surface area contributed by atoms with E-state index in [0.717, 1.165) is 62.4 Å². The lowest BCUT2D eigenvalue weighted by molar-refractivity contribution is 0.0786. The van der Waals surface area contributed by atoms with Crippen LogP contribution in [0.2, 0.25) is 0 Å². The summed E-state index contributed by atoms with van der Waals surface area (Å²) < 4.78 is 2.30. The molecule has 0 aliphatic carbocycles. The summed E-state index contributed by atoms with van der Waals surface area (Å²) in [6, 6.07) is 10.3. The van der Waals surface area contributed by atoms with Crippen molar-refractivity contribution in [1.29, 1.82) is 0 Å². The Kier molecular flexibility index (Phi) is 3.90. The van der Waals surface area contributed by atoms with E-state index in [4.69, 9.17) is 4.98 Å². The van der Waals surface area contributed by atoms with Crippen molar-refractivity contribution in [3.63, 3.8) is 0 Å². The van der Waals surface area contributed by atoms with Crippen LogP contribution in [0.5, 0.6) is 0 Å². The van der Waals surface area contributed by atoms with E-state index in [1.807, 2.05) is 23.1 Å². The maximum Gasteiger partial charge on any atom is 0.274 e. The first kappa shape index (κ1) is 14.5. The van der Waals surface area contributed by atoms with Crippen LogP contribution in [0, 0.1) is 0 Å². The fourth-order valence-electron chi connectivity index (χ4n) is 3.77. The maximum atomic E-state index is 12.9. The zero-order chi connectivity index (χ0) is 15.6. The maximum absolute atomic E-state index is 12.9. The van der Waals surface area contributed by atoms with Crippen molar-refractivity contribution in [3.05, 3.63) is 41.7 Å². The number of likely N-dealkylation sites (tertiary alicyclic amines) is 1. The molecule has 1 saturated heterocycles. The van der Waals surface area contributed by atoms with Crippen LogP contribution in [0.3, 0.4) is 0 Å². The Bertz CT molecular complexity index is 699. The van der Waals surface area contributed by atoms with Gasteiger partial charge in [0.2, 0.25) is 0 Å². The molecule has 2 aliphatic heterocycles. The quantitative estimate of drug-likeness (QED) is 0.851. The largest absolute Gasteiger partial charge is 0.337 e. The van der Waals surface area contributed by atoms with Crippen LogP contribution in [0.4, 0.5) is 0 Å². The van der Waals surface area contributed by atoms with E-state index >= 15 is 0 Å². The molecule has 1 fully saturated rings. The average molecular weight is 309 g/mol. The van der Waals surface area contributed by atoms with Crippen molar-refractivity contribution in [1.82, 2.24) is 14.5 Å². The van der Waals surface area contributed by atoms with Gasteiger partial charge in [0.25, 0.3) is 5.91 Å². The van der Waals surface area contributed by atoms with Crippen molar-refractivity contribution >= 4 is 5.91 Å². The molecular formula is C19H23N3O. The monoisotopic (exact) mass is 309 g/mol. The van der Waals surface area contributed by atoms with E-state index in [-0.39, 0.29) is 5.91 Å². The molecule has 1 aromatic carbocycles. The van der Waals surface area contributed by atoms with Crippen LogP contribution in [0.1, 0.15) is 48.3 Å². The molecule has 1 aromatic heterocycles. The van der Waals surface area contributed by atoms with Crippen LogP contribution in [0.15, 0.2) is 30.3 Å². The summed E-state index contributed by atoms with van der Waals surface area (Å²) in [6.45, 7) is 2.73. The van der Waals surface area contributed by atoms with Crippen LogP contribution >= 0.6 is 0 Å². The van der Waals surface area contributed by atoms with Crippen molar-refractivity contribution in [3.8, 4) is 11.4 Å². The Labute approximate surface area is 137 Å². The number of aromatic nitrogens is 2. The van der Waals surface area contributed by atoms with Crippen molar-refractivity contribution in [2.45, 2.75) is 45.1 Å². The predicted molar refractivity (Wildman–Crippen MR) is 90.4 cm³/mol. The second-order valence-corrected chi connectivity index (χ2v) is 6.56. The summed E-state index contributed by atoms with van der Waals surface area (Å²) in [5.74, 6) is 1.10. The minimum Gasteiger partial charge on any atom is -0.337 e. The van der Waals surface area contributed by atoms with Gasteiger partial charge < -0.3 is 9.47 Å². The Morgan fingerprint density at radius 1 is 0.913 bits per heavy atom. The van der Waals surface area contributed by atoms with Gasteiger partial charge in [-0.15, -0.1) is 0 Å². The van der Waals surface area contributed by atoms with Gasteiger partial charge in [0.1, 0.15) is 11.5 Å². The molecule has 0 bridgehead atoms. The number of amides is 1. The highest BCUT2D eigenvalue weighted by Crippen LogP contribution is 2.28. The lowest BCUT2D eigenvalue weighted by Gasteiger charge is -2.14. The second-order valence-electron chi connectivity index (χ2n) is 6.56. The number of hydrogen-bond acceptors (Lipinski definition) is 2. The molecule has 2 aromatic rings. The molecular weight excluding hydrogens is 286 g/mol. The number of carbonyl (C=O) groups excluding carboxylic acids is 1. The van der Waals surface area contributed by atoms with Crippen molar-refractivity contribution in [2.75, 3.05) is 13.1 Å². The van der Waals surface area contributed by atoms with Gasteiger partial charge in [0.05, 0.1) is 5.69 Å². The number of carbonyl (C=O) groups is 1. The third-order valence-corrected chi connectivity index (χ3v) is 5.00. The molecule has 120 valence electrons. The van der Waals surface area contributed by atoms with Gasteiger partial charge in [-0.25, -0.2) is 4.98 Å². The molecule has 3 heterocycles. The van der Waals surface area contributed by atoms with Gasteiger partial charge >= 0.3 is 0 Å². The molecule has 0 N–H and O–H groups in total. The normalized spacial score (nSPS) is 17.8. The molecule has 0 atom stereocenters. The number of hydrogen-bond donors (Lipinski definition) is 0. The molecule has 23 heavy (non-hydrogen) atoms. The standard InChI is InChI=1S/C19H23N3O/c23-19(21-12-7-8-13-21)17-16-11-5-2-6-14-22(16)18(20-17)15-9-3-1-4-10-15/h1,3-4,9-10H,2,5-8,11-14H2. The van der Waals surface area contributed by atoms with E-state index < -0.39 is 0 Å². The van der Waals surface area contributed by atoms with Crippen LogP contribution in [-0.4, -0.2) is 33.4 Å². The third-order valence-electron chi connectivity index (χ3n) is 5.00. The molecule has 0 unspecified atom stereocenters. The smallest absolute Gasteiger partial charge is 0.274 e. The van der Waals surface area contributed by atoms with Crippen molar-refractivity contribution in [2.24, 2.45) is 0 Å². The second kappa shape index (κ2) is 6.19. The molecule has 0 saturated carbocycles. The average Bonchev–Trinajstić information content (AvgIpc) is 3.18. The van der Waals surface area contributed by atoms with Gasteiger partial charge in [-0.2, -0.15) is 0 Å². The summed E-state index contributed by atoms with van der Waals surface area (Å²) >= 11 is 0. The number of nitrogens with zero attached hydrogens (tertiary/aromatic N) is 3. The van der Waals surface area contributed by atoms with Gasteiger partial charge in [-0.3, -0.25) is 4.79 Å². The fraction of sp³-hybridized carbons (Fsp3) is 0.474. The number of rotatable bonds is 2. The molecule has 0 spiro atoms. The first-order valence-electron chi connectivity index (χ1n) is 8.79. The van der Waals surface area contributed by atoms with Gasteiger partial charge in [0, 0.05) is 25.2 Å². The van der Waals surface area contributed by atoms with Gasteiger partial charge in [-0.05, 0) is 32.1 Å². The van der Waals surface area contributed by atoms with E-state index in [2.05, 4.69) is 16.7 Å². The molecule has 0 radical (unpaired) electrons. The highest BCUT2D eigenvalue weighted by molar-refractivity contribution is 5.94. The van der Waals surface area contributed by atoms with Gasteiger partial charge in [-0.1, -0.05) is 36.8 Å². The number of fused-ring (bicyclic) bond motifs is 1. The summed E-state index contributed by atoms with van der Waals surface area (Å²) in [4.78, 5) is 19.7. The van der Waals surface area contributed by atoms with E-state index in [0.29, 0.717) is 5.69 Å². The molecule has 1 amide bonds. The van der Waals surface area contributed by atoms with E-state index in [1.54, 1.807) is 0 Å². The molecule has 4 heteroatoms. The van der Waals surface area contributed by atoms with Crippen LogP contribution in [-0.2, 0) is 13.0 Å². The molecule has 2 aliphatic rings. The van der Waals surface area contributed by atoms with Crippen molar-refractivity contribution < 1.29 is 4.79 Å². The highest BCUT2D eigenvalue weighted by atomic mass is 16.2. The Balaban J connectivity index is 1.80. The Morgan fingerprint density at radius 2 is 1.65 bits per heavy atom. The Hall–Kier alpha value is -2.10. The first-order valence-corrected chi connectivity index (χ1v) is 8.79. The minimum absolute atomic E-state index is 0.135. The van der Waals surface area contributed by atoms with Gasteiger partial charge in [0.15, 0.2) is 0 Å². The fourth-order valence-corrected chi connectivity index (χ4v) is 3.77. The lowest BCUT2D eigenvalue weighted by atomic mass is 10.1. The van der Waals surface area contributed by atoms with E-state index in [1.165, 1.54) is 12.8 Å². The SMILES string of the molecule is O=C(c1nc(-c2ccccc2)n2c1CCCCC2)N1CCCC1. The zero-order valence-electron chi connectivity index (χ0n) is 13.5. The molecule has 4 nitrogen and oxygen atoms in total.